The van der Waals surface area contributed by atoms with Crippen LogP contribution in [-0.2, 0) is 16.9 Å². The van der Waals surface area contributed by atoms with Crippen molar-refractivity contribution in [1.29, 1.82) is 0 Å². The highest BCUT2D eigenvalue weighted by Crippen LogP contribution is 2.47. The lowest BCUT2D eigenvalue weighted by molar-refractivity contribution is -0.0541. The van der Waals surface area contributed by atoms with Crippen LogP contribution in [0, 0.1) is 6.92 Å². The van der Waals surface area contributed by atoms with Gasteiger partial charge in [0.15, 0.2) is 0 Å². The van der Waals surface area contributed by atoms with Gasteiger partial charge in [-0.15, -0.1) is 0 Å². The molecule has 5 nitrogen and oxygen atoms in total. The van der Waals surface area contributed by atoms with Crippen molar-refractivity contribution in [3.8, 4) is 5.75 Å². The van der Waals surface area contributed by atoms with E-state index in [1.54, 1.807) is 7.11 Å². The number of hydrogen-bond donors (Lipinski definition) is 1. The Balaban J connectivity index is 1.49. The number of aliphatic hydroxyl groups is 1. The highest BCUT2D eigenvalue weighted by atomic mass is 16.6. The maximum atomic E-state index is 12.7. The van der Waals surface area contributed by atoms with Crippen LogP contribution < -0.4 is 4.74 Å². The summed E-state index contributed by atoms with van der Waals surface area (Å²) in [4.78, 5) is 14.6. The molecular weight excluding hydrogens is 354 g/mol. The Labute approximate surface area is 165 Å². The number of carbonyl (C=O) groups excluding carboxylic acids is 1. The molecule has 0 aliphatic carbocycles. The fraction of sp³-hybridized carbons (Fsp3) is 0.435. The van der Waals surface area contributed by atoms with E-state index in [9.17, 15) is 9.90 Å². The summed E-state index contributed by atoms with van der Waals surface area (Å²) in [5.41, 5.74) is 1.98. The van der Waals surface area contributed by atoms with Crippen molar-refractivity contribution in [3.05, 3.63) is 65.2 Å². The Bertz CT molecular complexity index is 837. The molecular formula is C23H27NO4. The third kappa shape index (κ3) is 3.47. The average molecular weight is 381 g/mol. The first kappa shape index (κ1) is 18.8. The minimum Gasteiger partial charge on any atom is -0.497 e. The largest absolute Gasteiger partial charge is 0.497 e. The van der Waals surface area contributed by atoms with Gasteiger partial charge in [-0.05, 0) is 48.6 Å². The third-order valence-electron chi connectivity index (χ3n) is 6.13. The smallest absolute Gasteiger partial charge is 0.410 e. The Hall–Kier alpha value is -2.53. The molecule has 2 aromatic rings. The minimum atomic E-state index is -0.944. The van der Waals surface area contributed by atoms with Crippen molar-refractivity contribution < 1.29 is 19.4 Å². The summed E-state index contributed by atoms with van der Waals surface area (Å²) in [5.74, 6) is 0.742. The summed E-state index contributed by atoms with van der Waals surface area (Å²) >= 11 is 0. The first-order chi connectivity index (χ1) is 13.5. The maximum Gasteiger partial charge on any atom is 0.410 e. The summed E-state index contributed by atoms with van der Waals surface area (Å²) in [6.45, 7) is 2.28. The summed E-state index contributed by atoms with van der Waals surface area (Å²) in [5, 5.41) is 11.5. The van der Waals surface area contributed by atoms with Gasteiger partial charge in [-0.25, -0.2) is 4.79 Å². The van der Waals surface area contributed by atoms with E-state index < -0.39 is 5.60 Å². The molecule has 2 aliphatic rings. The zero-order valence-corrected chi connectivity index (χ0v) is 16.4. The molecule has 0 aromatic heterocycles. The van der Waals surface area contributed by atoms with E-state index in [0.29, 0.717) is 12.8 Å². The van der Waals surface area contributed by atoms with Gasteiger partial charge in [-0.1, -0.05) is 36.4 Å². The Morgan fingerprint density at radius 1 is 1.14 bits per heavy atom. The van der Waals surface area contributed by atoms with E-state index in [4.69, 9.17) is 9.47 Å². The van der Waals surface area contributed by atoms with E-state index >= 15 is 0 Å². The normalized spacial score (nSPS) is 26.2. The molecule has 0 radical (unpaired) electrons. The molecule has 5 heteroatoms. The first-order valence-corrected chi connectivity index (χ1v) is 9.87. The van der Waals surface area contributed by atoms with Crippen LogP contribution in [0.15, 0.2) is 48.5 Å². The average Bonchev–Trinajstić information content (AvgIpc) is 2.99. The van der Waals surface area contributed by atoms with Crippen molar-refractivity contribution in [2.75, 3.05) is 7.11 Å². The molecule has 2 unspecified atom stereocenters. The number of benzene rings is 2. The van der Waals surface area contributed by atoms with Crippen molar-refractivity contribution in [2.45, 2.75) is 56.9 Å². The van der Waals surface area contributed by atoms with Gasteiger partial charge >= 0.3 is 6.09 Å². The van der Waals surface area contributed by atoms with E-state index in [0.717, 1.165) is 35.3 Å². The molecule has 28 heavy (non-hydrogen) atoms. The lowest BCUT2D eigenvalue weighted by Crippen LogP contribution is -2.52. The van der Waals surface area contributed by atoms with Crippen LogP contribution in [0.1, 0.15) is 42.4 Å². The van der Waals surface area contributed by atoms with E-state index in [1.165, 1.54) is 0 Å². The number of ether oxygens (including phenoxy) is 2. The molecule has 1 amide bonds. The lowest BCUT2D eigenvalue weighted by atomic mass is 9.79. The van der Waals surface area contributed by atoms with Crippen molar-refractivity contribution in [1.82, 2.24) is 4.90 Å². The van der Waals surface area contributed by atoms with Crippen LogP contribution in [0.2, 0.25) is 0 Å². The van der Waals surface area contributed by atoms with Gasteiger partial charge in [0, 0.05) is 24.9 Å². The number of carbonyl (C=O) groups is 1. The van der Waals surface area contributed by atoms with Gasteiger partial charge in [-0.2, -0.15) is 0 Å². The number of hydrogen-bond acceptors (Lipinski definition) is 4. The molecule has 2 fully saturated rings. The predicted octanol–water partition coefficient (Wildman–Crippen LogP) is 4.15. The van der Waals surface area contributed by atoms with E-state index in [-0.39, 0.29) is 24.8 Å². The van der Waals surface area contributed by atoms with Crippen LogP contribution >= 0.6 is 0 Å². The highest BCUT2D eigenvalue weighted by Gasteiger charge is 2.51. The van der Waals surface area contributed by atoms with Gasteiger partial charge < -0.3 is 19.5 Å². The Morgan fingerprint density at radius 2 is 1.82 bits per heavy atom. The molecule has 0 saturated carbocycles. The van der Waals surface area contributed by atoms with Crippen LogP contribution in [0.3, 0.4) is 0 Å². The second-order valence-electron chi connectivity index (χ2n) is 7.95. The Kier molecular flexibility index (Phi) is 5.02. The fourth-order valence-electron chi connectivity index (χ4n) is 4.77. The Morgan fingerprint density at radius 3 is 2.46 bits per heavy atom. The van der Waals surface area contributed by atoms with Crippen LogP contribution in [-0.4, -0.2) is 35.3 Å². The minimum absolute atomic E-state index is 0.00220. The van der Waals surface area contributed by atoms with Crippen LogP contribution in [0.5, 0.6) is 5.75 Å². The predicted molar refractivity (Wildman–Crippen MR) is 106 cm³/mol. The van der Waals surface area contributed by atoms with E-state index in [1.807, 2.05) is 60.4 Å². The third-order valence-corrected chi connectivity index (χ3v) is 6.13. The van der Waals surface area contributed by atoms with Crippen LogP contribution in [0.4, 0.5) is 4.79 Å². The van der Waals surface area contributed by atoms with Crippen molar-refractivity contribution in [3.63, 3.8) is 0 Å². The number of rotatable bonds is 4. The molecule has 2 saturated heterocycles. The number of methoxy groups -OCH3 is 1. The van der Waals surface area contributed by atoms with Crippen LogP contribution in [0.25, 0.3) is 0 Å². The van der Waals surface area contributed by atoms with Gasteiger partial charge in [-0.3, -0.25) is 0 Å². The topological polar surface area (TPSA) is 59.0 Å². The van der Waals surface area contributed by atoms with Gasteiger partial charge in [0.25, 0.3) is 0 Å². The van der Waals surface area contributed by atoms with Gasteiger partial charge in [0.2, 0.25) is 0 Å². The zero-order chi connectivity index (χ0) is 19.7. The van der Waals surface area contributed by atoms with Crippen molar-refractivity contribution in [2.24, 2.45) is 0 Å². The molecule has 2 aromatic carbocycles. The van der Waals surface area contributed by atoms with E-state index in [2.05, 4.69) is 0 Å². The van der Waals surface area contributed by atoms with Crippen molar-refractivity contribution >= 4 is 6.09 Å². The molecule has 148 valence electrons. The number of fused-ring (bicyclic) bond motifs is 2. The van der Waals surface area contributed by atoms with Gasteiger partial charge in [0.05, 0.1) is 12.7 Å². The molecule has 4 rings (SSSR count). The maximum absolute atomic E-state index is 12.7. The SMILES string of the molecule is COc1ccc(C)c(C2(O)CC3CCC(C2)N3C(=O)OCc2ccccc2)c1. The quantitative estimate of drug-likeness (QED) is 0.864. The number of amides is 1. The molecule has 1 N–H and O–H groups in total. The zero-order valence-electron chi connectivity index (χ0n) is 16.4. The molecule has 0 spiro atoms. The second kappa shape index (κ2) is 7.47. The molecule has 2 atom stereocenters. The standard InChI is InChI=1S/C23H27NO4/c1-16-8-11-20(27-2)12-21(16)23(26)13-18-9-10-19(14-23)24(18)22(25)28-15-17-6-4-3-5-7-17/h3-8,11-12,18-19,26H,9-10,13-15H2,1-2H3. The first-order valence-electron chi connectivity index (χ1n) is 9.87. The second-order valence-corrected chi connectivity index (χ2v) is 7.95. The number of piperidine rings is 1. The number of nitrogens with zero attached hydrogens (tertiary/aromatic N) is 1. The summed E-state index contributed by atoms with van der Waals surface area (Å²) in [6.07, 6.45) is 2.57. The van der Waals surface area contributed by atoms with Gasteiger partial charge in [0.1, 0.15) is 12.4 Å². The summed E-state index contributed by atoms with van der Waals surface area (Å²) in [6, 6.07) is 15.5. The summed E-state index contributed by atoms with van der Waals surface area (Å²) < 4.78 is 10.9. The highest BCUT2D eigenvalue weighted by molar-refractivity contribution is 5.69. The fourth-order valence-corrected chi connectivity index (χ4v) is 4.77. The number of aryl methyl sites for hydroxylation is 1. The summed E-state index contributed by atoms with van der Waals surface area (Å²) in [7, 11) is 1.63. The molecule has 2 bridgehead atoms. The molecule has 2 heterocycles. The lowest BCUT2D eigenvalue weighted by Gasteiger charge is -2.44. The molecule has 2 aliphatic heterocycles. The monoisotopic (exact) mass is 381 g/mol.